The fraction of sp³-hybridized carbons (Fsp3) is 0.333. The molecular weight excluding hydrogens is 173 g/mol. The average Bonchev–Trinajstić information content (AvgIpc) is 2.79. The Bertz CT molecular complexity index is 297. The van der Waals surface area contributed by atoms with Gasteiger partial charge < -0.3 is 5.73 Å². The molecule has 0 radical (unpaired) electrons. The molecule has 0 aromatic heterocycles. The van der Waals surface area contributed by atoms with Gasteiger partial charge in [0.2, 0.25) is 0 Å². The maximum absolute atomic E-state index is 12.6. The van der Waals surface area contributed by atoms with Gasteiger partial charge in [-0.25, -0.2) is 4.39 Å². The zero-order valence-electron chi connectivity index (χ0n) is 6.59. The minimum absolute atomic E-state index is 0.257. The fourth-order valence-electron chi connectivity index (χ4n) is 0.992. The van der Waals surface area contributed by atoms with E-state index < -0.39 is 0 Å². The number of benzene rings is 1. The molecule has 0 atom stereocenters. The van der Waals surface area contributed by atoms with Crippen molar-refractivity contribution >= 4 is 17.4 Å². The minimum atomic E-state index is -0.257. The van der Waals surface area contributed by atoms with Gasteiger partial charge in [0.05, 0.1) is 0 Å². The Morgan fingerprint density at radius 3 is 2.75 bits per heavy atom. The van der Waals surface area contributed by atoms with E-state index in [2.05, 4.69) is 0 Å². The molecule has 2 N–H and O–H groups in total. The van der Waals surface area contributed by atoms with Crippen LogP contribution in [0.2, 0.25) is 0 Å². The Balaban J connectivity index is 2.18. The predicted octanol–water partition coefficient (Wildman–Crippen LogP) is 2.66. The summed E-state index contributed by atoms with van der Waals surface area (Å²) in [4.78, 5) is 1.01. The van der Waals surface area contributed by atoms with Crippen LogP contribution in [0, 0.1) is 5.82 Å². The van der Waals surface area contributed by atoms with Crippen molar-refractivity contribution in [2.24, 2.45) is 0 Å². The van der Waals surface area contributed by atoms with Crippen LogP contribution in [0.25, 0.3) is 0 Å². The first-order valence-electron chi connectivity index (χ1n) is 3.97. The van der Waals surface area contributed by atoms with Crippen LogP contribution in [0.3, 0.4) is 0 Å². The largest absolute Gasteiger partial charge is 0.398 e. The van der Waals surface area contributed by atoms with E-state index in [1.807, 2.05) is 0 Å². The summed E-state index contributed by atoms with van der Waals surface area (Å²) in [6.45, 7) is 0. The van der Waals surface area contributed by atoms with Crippen molar-refractivity contribution in [3.8, 4) is 0 Å². The molecule has 64 valence electrons. The van der Waals surface area contributed by atoms with Crippen molar-refractivity contribution in [1.82, 2.24) is 0 Å². The van der Waals surface area contributed by atoms with Crippen LogP contribution in [0.1, 0.15) is 12.8 Å². The van der Waals surface area contributed by atoms with Gasteiger partial charge in [-0.15, -0.1) is 11.8 Å². The second-order valence-electron chi connectivity index (χ2n) is 3.00. The number of nitrogen functional groups attached to an aromatic ring is 1. The highest BCUT2D eigenvalue weighted by molar-refractivity contribution is 8.00. The van der Waals surface area contributed by atoms with Crippen LogP contribution in [0.15, 0.2) is 23.1 Å². The molecule has 1 aliphatic rings. The smallest absolute Gasteiger partial charge is 0.125 e. The molecule has 1 nitrogen and oxygen atoms in total. The lowest BCUT2D eigenvalue weighted by molar-refractivity contribution is 0.627. The maximum Gasteiger partial charge on any atom is 0.125 e. The Morgan fingerprint density at radius 2 is 2.17 bits per heavy atom. The van der Waals surface area contributed by atoms with E-state index in [4.69, 9.17) is 5.73 Å². The Labute approximate surface area is 75.1 Å². The molecule has 0 bridgehead atoms. The molecule has 1 aromatic carbocycles. The molecule has 1 aromatic rings. The lowest BCUT2D eigenvalue weighted by Gasteiger charge is -2.02. The molecule has 1 saturated carbocycles. The Hall–Kier alpha value is -0.700. The SMILES string of the molecule is Nc1cc(F)ccc1SC1CC1. The molecule has 12 heavy (non-hydrogen) atoms. The lowest BCUT2D eigenvalue weighted by atomic mass is 10.3. The van der Waals surface area contributed by atoms with Crippen molar-refractivity contribution < 1.29 is 4.39 Å². The molecule has 1 aliphatic carbocycles. The van der Waals surface area contributed by atoms with Crippen LogP contribution in [-0.2, 0) is 0 Å². The van der Waals surface area contributed by atoms with Crippen molar-refractivity contribution in [1.29, 1.82) is 0 Å². The number of halogens is 1. The molecule has 2 rings (SSSR count). The van der Waals surface area contributed by atoms with Crippen molar-refractivity contribution in [3.05, 3.63) is 24.0 Å². The molecule has 0 spiro atoms. The third kappa shape index (κ3) is 1.72. The van der Waals surface area contributed by atoms with E-state index in [-0.39, 0.29) is 5.82 Å². The standard InChI is InChI=1S/C9H10FNS/c10-6-1-4-9(8(11)5-6)12-7-2-3-7/h1,4-5,7H,2-3,11H2. The number of hydrogen-bond acceptors (Lipinski definition) is 2. The van der Waals surface area contributed by atoms with E-state index in [0.29, 0.717) is 5.69 Å². The monoisotopic (exact) mass is 183 g/mol. The van der Waals surface area contributed by atoms with E-state index in [1.54, 1.807) is 17.8 Å². The van der Waals surface area contributed by atoms with E-state index >= 15 is 0 Å². The van der Waals surface area contributed by atoms with Crippen molar-refractivity contribution in [3.63, 3.8) is 0 Å². The first-order chi connectivity index (χ1) is 5.75. The number of rotatable bonds is 2. The maximum atomic E-state index is 12.6. The summed E-state index contributed by atoms with van der Waals surface area (Å²) in [5, 5.41) is 0.720. The number of hydrogen-bond donors (Lipinski definition) is 1. The van der Waals surface area contributed by atoms with Crippen LogP contribution in [0.4, 0.5) is 10.1 Å². The summed E-state index contributed by atoms with van der Waals surface area (Å²) in [6, 6.07) is 4.60. The summed E-state index contributed by atoms with van der Waals surface area (Å²) >= 11 is 1.75. The van der Waals surface area contributed by atoms with E-state index in [0.717, 1.165) is 10.1 Å². The highest BCUT2D eigenvalue weighted by atomic mass is 32.2. The van der Waals surface area contributed by atoms with Gasteiger partial charge in [0.25, 0.3) is 0 Å². The summed E-state index contributed by atoms with van der Waals surface area (Å²) in [7, 11) is 0. The Kier molecular flexibility index (Phi) is 1.97. The molecule has 0 saturated heterocycles. The lowest BCUT2D eigenvalue weighted by Crippen LogP contribution is -1.90. The zero-order chi connectivity index (χ0) is 8.55. The molecule has 1 fully saturated rings. The molecule has 0 unspecified atom stereocenters. The third-order valence-corrected chi connectivity index (χ3v) is 3.22. The summed E-state index contributed by atoms with van der Waals surface area (Å²) in [5.41, 5.74) is 6.20. The van der Waals surface area contributed by atoms with Crippen LogP contribution in [-0.4, -0.2) is 5.25 Å². The van der Waals surface area contributed by atoms with E-state index in [1.165, 1.54) is 25.0 Å². The van der Waals surface area contributed by atoms with Gasteiger partial charge in [-0.3, -0.25) is 0 Å². The second kappa shape index (κ2) is 2.98. The minimum Gasteiger partial charge on any atom is -0.398 e. The van der Waals surface area contributed by atoms with Gasteiger partial charge in [0.1, 0.15) is 5.82 Å². The second-order valence-corrected chi connectivity index (χ2v) is 4.34. The number of nitrogens with two attached hydrogens (primary N) is 1. The average molecular weight is 183 g/mol. The quantitative estimate of drug-likeness (QED) is 0.713. The molecular formula is C9H10FNS. The normalized spacial score (nSPS) is 16.4. The summed E-state index contributed by atoms with van der Waals surface area (Å²) < 4.78 is 12.6. The molecule has 3 heteroatoms. The van der Waals surface area contributed by atoms with Gasteiger partial charge in [0.15, 0.2) is 0 Å². The van der Waals surface area contributed by atoms with Gasteiger partial charge in [-0.1, -0.05) is 0 Å². The number of thioether (sulfide) groups is 1. The first-order valence-corrected chi connectivity index (χ1v) is 4.85. The highest BCUT2D eigenvalue weighted by Gasteiger charge is 2.23. The van der Waals surface area contributed by atoms with Gasteiger partial charge >= 0.3 is 0 Å². The predicted molar refractivity (Wildman–Crippen MR) is 49.7 cm³/mol. The molecule has 0 amide bonds. The van der Waals surface area contributed by atoms with E-state index in [9.17, 15) is 4.39 Å². The van der Waals surface area contributed by atoms with Crippen LogP contribution in [0.5, 0.6) is 0 Å². The van der Waals surface area contributed by atoms with Gasteiger partial charge in [-0.2, -0.15) is 0 Å². The first kappa shape index (κ1) is 7.92. The van der Waals surface area contributed by atoms with Crippen LogP contribution >= 0.6 is 11.8 Å². The van der Waals surface area contributed by atoms with Crippen molar-refractivity contribution in [2.45, 2.75) is 23.0 Å². The summed E-state index contributed by atoms with van der Waals surface area (Å²) in [6.07, 6.45) is 2.53. The van der Waals surface area contributed by atoms with Crippen molar-refractivity contribution in [2.75, 3.05) is 5.73 Å². The van der Waals surface area contributed by atoms with Crippen LogP contribution < -0.4 is 5.73 Å². The third-order valence-electron chi connectivity index (χ3n) is 1.79. The van der Waals surface area contributed by atoms with Gasteiger partial charge in [0, 0.05) is 15.8 Å². The zero-order valence-corrected chi connectivity index (χ0v) is 7.40. The highest BCUT2D eigenvalue weighted by Crippen LogP contribution is 2.41. The fourth-order valence-corrected chi connectivity index (χ4v) is 2.06. The summed E-state index contributed by atoms with van der Waals surface area (Å²) in [5.74, 6) is -0.257. The molecule has 0 aliphatic heterocycles. The van der Waals surface area contributed by atoms with Gasteiger partial charge in [-0.05, 0) is 31.0 Å². The topological polar surface area (TPSA) is 26.0 Å². The molecule has 0 heterocycles. The number of anilines is 1. The Morgan fingerprint density at radius 1 is 1.42 bits per heavy atom.